The molecule has 1 aromatic heterocycles. The molecule has 3 nitrogen and oxygen atoms in total. The van der Waals surface area contributed by atoms with Gasteiger partial charge < -0.3 is 9.30 Å². The van der Waals surface area contributed by atoms with Crippen LogP contribution in [-0.4, -0.2) is 11.2 Å². The van der Waals surface area contributed by atoms with Crippen LogP contribution in [0.1, 0.15) is 45.2 Å². The Morgan fingerprint density at radius 3 is 2.36 bits per heavy atom. The molecule has 2 aromatic rings. The van der Waals surface area contributed by atoms with Gasteiger partial charge in [0.1, 0.15) is 0 Å². The van der Waals surface area contributed by atoms with Crippen molar-refractivity contribution >= 4 is 0 Å². The first-order valence-corrected chi connectivity index (χ1v) is 7.83. The van der Waals surface area contributed by atoms with E-state index < -0.39 is 0 Å². The van der Waals surface area contributed by atoms with Gasteiger partial charge in [0.25, 0.3) is 5.56 Å². The van der Waals surface area contributed by atoms with Gasteiger partial charge in [0.05, 0.1) is 13.2 Å². The Bertz CT molecular complexity index is 663. The first kappa shape index (κ1) is 16.3. The third kappa shape index (κ3) is 4.00. The van der Waals surface area contributed by atoms with Crippen LogP contribution in [0.5, 0.6) is 5.75 Å². The lowest BCUT2D eigenvalue weighted by atomic mass is 9.87. The minimum absolute atomic E-state index is 0.0733. The van der Waals surface area contributed by atoms with Gasteiger partial charge in [-0.2, -0.15) is 0 Å². The molecule has 0 bridgehead atoms. The molecular weight excluding hydrogens is 274 g/mol. The van der Waals surface area contributed by atoms with Gasteiger partial charge in [-0.05, 0) is 35.1 Å². The molecule has 1 heterocycles. The summed E-state index contributed by atoms with van der Waals surface area (Å²) in [5.41, 5.74) is 2.48. The second kappa shape index (κ2) is 6.82. The average molecular weight is 299 g/mol. The second-order valence-electron chi connectivity index (χ2n) is 6.60. The van der Waals surface area contributed by atoms with Crippen LogP contribution in [-0.2, 0) is 12.0 Å². The zero-order chi connectivity index (χ0) is 16.2. The van der Waals surface area contributed by atoms with Crippen LogP contribution in [0.2, 0.25) is 0 Å². The van der Waals surface area contributed by atoms with Crippen LogP contribution in [0.25, 0.3) is 0 Å². The Kier molecular flexibility index (Phi) is 5.07. The number of benzene rings is 1. The number of ether oxygens (including phenoxy) is 1. The van der Waals surface area contributed by atoms with Crippen molar-refractivity contribution in [2.75, 3.05) is 6.61 Å². The Hall–Kier alpha value is -2.03. The van der Waals surface area contributed by atoms with Gasteiger partial charge in [-0.1, -0.05) is 52.0 Å². The Balaban J connectivity index is 2.19. The molecule has 118 valence electrons. The fraction of sp³-hybridized carbons (Fsp3) is 0.421. The number of rotatable bonds is 5. The lowest BCUT2D eigenvalue weighted by molar-refractivity contribution is 0.310. The second-order valence-corrected chi connectivity index (χ2v) is 6.60. The number of hydrogen-bond acceptors (Lipinski definition) is 2. The van der Waals surface area contributed by atoms with Crippen molar-refractivity contribution < 1.29 is 4.74 Å². The summed E-state index contributed by atoms with van der Waals surface area (Å²) in [6.45, 7) is 9.74. The van der Waals surface area contributed by atoms with Crippen molar-refractivity contribution in [1.29, 1.82) is 0 Å². The summed E-state index contributed by atoms with van der Waals surface area (Å²) in [5, 5.41) is 0. The Morgan fingerprint density at radius 2 is 1.77 bits per heavy atom. The molecule has 0 amide bonds. The molecule has 0 atom stereocenters. The smallest absolute Gasteiger partial charge is 0.293 e. The predicted octanol–water partition coefficient (Wildman–Crippen LogP) is 3.98. The van der Waals surface area contributed by atoms with Crippen molar-refractivity contribution in [3.8, 4) is 5.75 Å². The van der Waals surface area contributed by atoms with Crippen LogP contribution in [0.4, 0.5) is 0 Å². The van der Waals surface area contributed by atoms with Gasteiger partial charge in [0.2, 0.25) is 0 Å². The van der Waals surface area contributed by atoms with E-state index in [4.69, 9.17) is 4.74 Å². The molecular formula is C19H25NO2. The van der Waals surface area contributed by atoms with Crippen molar-refractivity contribution in [3.63, 3.8) is 0 Å². The summed E-state index contributed by atoms with van der Waals surface area (Å²) in [6, 6.07) is 12.0. The normalized spacial score (nSPS) is 11.5. The number of nitrogens with zero attached hydrogens (tertiary/aromatic N) is 1. The van der Waals surface area contributed by atoms with Crippen LogP contribution in [0.3, 0.4) is 0 Å². The summed E-state index contributed by atoms with van der Waals surface area (Å²) in [6.07, 6.45) is 2.70. The highest BCUT2D eigenvalue weighted by molar-refractivity contribution is 5.28. The first-order chi connectivity index (χ1) is 10.4. The SMILES string of the molecule is CCCOc1cccn(Cc2ccc(C(C)(C)C)cc2)c1=O. The molecule has 3 heteroatoms. The highest BCUT2D eigenvalue weighted by Gasteiger charge is 2.13. The number of pyridine rings is 1. The van der Waals surface area contributed by atoms with E-state index in [2.05, 4.69) is 45.0 Å². The monoisotopic (exact) mass is 299 g/mol. The maximum Gasteiger partial charge on any atom is 0.293 e. The highest BCUT2D eigenvalue weighted by atomic mass is 16.5. The first-order valence-electron chi connectivity index (χ1n) is 7.83. The predicted molar refractivity (Wildman–Crippen MR) is 90.7 cm³/mol. The van der Waals surface area contributed by atoms with Crippen LogP contribution < -0.4 is 10.3 Å². The molecule has 0 aliphatic rings. The quantitative estimate of drug-likeness (QED) is 0.836. The molecule has 0 saturated carbocycles. The topological polar surface area (TPSA) is 31.2 Å². The molecule has 0 spiro atoms. The average Bonchev–Trinajstić information content (AvgIpc) is 2.48. The fourth-order valence-electron chi connectivity index (χ4n) is 2.27. The van der Waals surface area contributed by atoms with Gasteiger partial charge >= 0.3 is 0 Å². The van der Waals surface area contributed by atoms with Gasteiger partial charge in [-0.15, -0.1) is 0 Å². The molecule has 0 radical (unpaired) electrons. The fourth-order valence-corrected chi connectivity index (χ4v) is 2.27. The van der Waals surface area contributed by atoms with E-state index in [9.17, 15) is 4.79 Å². The number of hydrogen-bond donors (Lipinski definition) is 0. The largest absolute Gasteiger partial charge is 0.488 e. The van der Waals surface area contributed by atoms with Crippen LogP contribution >= 0.6 is 0 Å². The lowest BCUT2D eigenvalue weighted by Gasteiger charge is -2.19. The third-order valence-corrected chi connectivity index (χ3v) is 3.62. The highest BCUT2D eigenvalue weighted by Crippen LogP contribution is 2.22. The minimum Gasteiger partial charge on any atom is -0.488 e. The molecule has 22 heavy (non-hydrogen) atoms. The van der Waals surface area contributed by atoms with Gasteiger partial charge in [-0.25, -0.2) is 0 Å². The maximum absolute atomic E-state index is 12.3. The van der Waals surface area contributed by atoms with Crippen molar-refractivity contribution in [2.45, 2.75) is 46.1 Å². The Labute approximate surface area is 132 Å². The lowest BCUT2D eigenvalue weighted by Crippen LogP contribution is -2.22. The van der Waals surface area contributed by atoms with Gasteiger partial charge in [-0.3, -0.25) is 4.79 Å². The Morgan fingerprint density at radius 1 is 1.09 bits per heavy atom. The van der Waals surface area contributed by atoms with Gasteiger partial charge in [0.15, 0.2) is 5.75 Å². The molecule has 0 aliphatic heterocycles. The summed E-state index contributed by atoms with van der Waals surface area (Å²) in [7, 11) is 0. The molecule has 1 aromatic carbocycles. The summed E-state index contributed by atoms with van der Waals surface area (Å²) in [4.78, 5) is 12.3. The third-order valence-electron chi connectivity index (χ3n) is 3.62. The van der Waals surface area contributed by atoms with E-state index >= 15 is 0 Å². The summed E-state index contributed by atoms with van der Waals surface area (Å²) >= 11 is 0. The summed E-state index contributed by atoms with van der Waals surface area (Å²) < 4.78 is 7.19. The molecule has 0 saturated heterocycles. The zero-order valence-electron chi connectivity index (χ0n) is 13.9. The van der Waals surface area contributed by atoms with Crippen molar-refractivity contribution in [3.05, 3.63) is 64.1 Å². The van der Waals surface area contributed by atoms with E-state index in [0.29, 0.717) is 18.9 Å². The van der Waals surface area contributed by atoms with Crippen molar-refractivity contribution in [1.82, 2.24) is 4.57 Å². The number of aromatic nitrogens is 1. The maximum atomic E-state index is 12.3. The van der Waals surface area contributed by atoms with E-state index in [-0.39, 0.29) is 11.0 Å². The van der Waals surface area contributed by atoms with E-state index in [1.165, 1.54) is 5.56 Å². The molecule has 0 fully saturated rings. The standard InChI is InChI=1S/C19H25NO2/c1-5-13-22-17-7-6-12-20(18(17)21)14-15-8-10-16(11-9-15)19(2,3)4/h6-12H,5,13-14H2,1-4H3. The summed E-state index contributed by atoms with van der Waals surface area (Å²) in [5.74, 6) is 0.427. The zero-order valence-corrected chi connectivity index (χ0v) is 13.9. The molecule has 0 aliphatic carbocycles. The van der Waals surface area contributed by atoms with E-state index in [0.717, 1.165) is 12.0 Å². The molecule has 0 unspecified atom stereocenters. The van der Waals surface area contributed by atoms with Crippen LogP contribution in [0.15, 0.2) is 47.4 Å². The minimum atomic E-state index is -0.0733. The van der Waals surface area contributed by atoms with Crippen LogP contribution in [0, 0.1) is 0 Å². The van der Waals surface area contributed by atoms with Gasteiger partial charge in [0, 0.05) is 6.20 Å². The van der Waals surface area contributed by atoms with Crippen molar-refractivity contribution in [2.24, 2.45) is 0 Å². The van der Waals surface area contributed by atoms with E-state index in [1.54, 1.807) is 16.8 Å². The molecule has 2 rings (SSSR count). The molecule has 0 N–H and O–H groups in total. The van der Waals surface area contributed by atoms with E-state index in [1.807, 2.05) is 13.0 Å².